The number of rotatable bonds is 4. The molecule has 5 rings (SSSR count). The Bertz CT molecular complexity index is 1610. The number of hydrogen-bond acceptors (Lipinski definition) is 6. The monoisotopic (exact) mass is 517 g/mol. The number of carbonyl (C=O) groups is 2. The Hall–Kier alpha value is -4.21. The first-order valence-electron chi connectivity index (χ1n) is 12.7. The smallest absolute Gasteiger partial charge is 0.410 e. The minimum atomic E-state index is -0.944. The molecule has 0 aliphatic carbocycles. The van der Waals surface area contributed by atoms with Gasteiger partial charge >= 0.3 is 12.1 Å². The number of carboxylic acids is 1. The van der Waals surface area contributed by atoms with E-state index >= 15 is 0 Å². The summed E-state index contributed by atoms with van der Waals surface area (Å²) in [5.74, 6) is -0.944. The standard InChI is InChI=1S/C28H31N5O5/c1-17-16-33-25(29-17)20(15-24(34)35)14-23(30-33)19-5-6-22-18(13-19)7-12-32(26(22)36)21-8-10-31(11-9-21)27(37)38-28(2,3)4/h5-7,12-14,16,21H,8-11,15H2,1-4H3,(H,34,35). The lowest BCUT2D eigenvalue weighted by Gasteiger charge is -2.34. The summed E-state index contributed by atoms with van der Waals surface area (Å²) in [6, 6.07) is 9.18. The van der Waals surface area contributed by atoms with Crippen molar-refractivity contribution in [1.82, 2.24) is 24.1 Å². The molecule has 3 aromatic heterocycles. The largest absolute Gasteiger partial charge is 0.481 e. The SMILES string of the molecule is Cc1cn2nc(-c3ccc4c(=O)n(C5CCN(C(=O)OC(C)(C)C)CC5)ccc4c3)cc(CC(=O)O)c2n1. The first-order chi connectivity index (χ1) is 18.0. The molecule has 1 aromatic carbocycles. The van der Waals surface area contributed by atoms with Crippen LogP contribution in [-0.4, -0.2) is 59.9 Å². The molecule has 10 nitrogen and oxygen atoms in total. The van der Waals surface area contributed by atoms with Gasteiger partial charge in [0.05, 0.1) is 24.0 Å². The van der Waals surface area contributed by atoms with Crippen molar-refractivity contribution in [2.45, 2.75) is 58.6 Å². The first-order valence-corrected chi connectivity index (χ1v) is 12.7. The van der Waals surface area contributed by atoms with Crippen molar-refractivity contribution in [3.05, 3.63) is 64.3 Å². The summed E-state index contributed by atoms with van der Waals surface area (Å²) in [5, 5.41) is 15.4. The summed E-state index contributed by atoms with van der Waals surface area (Å²) >= 11 is 0. The number of carboxylic acid groups (broad SMARTS) is 1. The van der Waals surface area contributed by atoms with Crippen LogP contribution in [0.5, 0.6) is 0 Å². The number of carbonyl (C=O) groups excluding carboxylic acids is 1. The van der Waals surface area contributed by atoms with Gasteiger partial charge in [-0.25, -0.2) is 14.3 Å². The highest BCUT2D eigenvalue weighted by molar-refractivity contribution is 5.86. The van der Waals surface area contributed by atoms with Crippen LogP contribution in [0.4, 0.5) is 4.79 Å². The molecule has 1 saturated heterocycles. The van der Waals surface area contributed by atoms with Gasteiger partial charge in [0.25, 0.3) is 5.56 Å². The fraction of sp³-hybridized carbons (Fsp3) is 0.393. The molecule has 4 heterocycles. The topological polar surface area (TPSA) is 119 Å². The molecular weight excluding hydrogens is 486 g/mol. The highest BCUT2D eigenvalue weighted by Crippen LogP contribution is 2.27. The number of pyridine rings is 1. The van der Waals surface area contributed by atoms with Crippen LogP contribution in [0.1, 0.15) is 50.9 Å². The third-order valence-electron chi connectivity index (χ3n) is 6.70. The van der Waals surface area contributed by atoms with Gasteiger partial charge in [-0.1, -0.05) is 6.07 Å². The number of benzene rings is 1. The third kappa shape index (κ3) is 5.11. The zero-order chi connectivity index (χ0) is 27.2. The molecule has 1 amide bonds. The molecule has 38 heavy (non-hydrogen) atoms. The van der Waals surface area contributed by atoms with Crippen LogP contribution in [0.3, 0.4) is 0 Å². The average molecular weight is 518 g/mol. The summed E-state index contributed by atoms with van der Waals surface area (Å²) in [7, 11) is 0. The molecule has 0 spiro atoms. The van der Waals surface area contributed by atoms with Gasteiger partial charge in [0.2, 0.25) is 0 Å². The lowest BCUT2D eigenvalue weighted by atomic mass is 10.0. The van der Waals surface area contributed by atoms with Gasteiger partial charge in [0, 0.05) is 41.8 Å². The van der Waals surface area contributed by atoms with Gasteiger partial charge in [-0.15, -0.1) is 0 Å². The number of amides is 1. The van der Waals surface area contributed by atoms with E-state index in [1.54, 1.807) is 32.3 Å². The van der Waals surface area contributed by atoms with E-state index in [4.69, 9.17) is 4.74 Å². The van der Waals surface area contributed by atoms with Crippen molar-refractivity contribution < 1.29 is 19.4 Å². The minimum absolute atomic E-state index is 0.00241. The summed E-state index contributed by atoms with van der Waals surface area (Å²) < 4.78 is 8.85. The molecule has 1 aliphatic rings. The molecule has 1 aliphatic heterocycles. The normalized spacial score (nSPS) is 14.8. The van der Waals surface area contributed by atoms with Crippen molar-refractivity contribution in [3.63, 3.8) is 0 Å². The van der Waals surface area contributed by atoms with Gasteiger partial charge in [-0.2, -0.15) is 5.10 Å². The lowest BCUT2D eigenvalue weighted by molar-refractivity contribution is -0.136. The van der Waals surface area contributed by atoms with Gasteiger partial charge in [-0.05, 0) is 70.2 Å². The number of aliphatic carboxylic acids is 1. The van der Waals surface area contributed by atoms with Crippen LogP contribution in [0.25, 0.3) is 27.7 Å². The van der Waals surface area contributed by atoms with Crippen LogP contribution in [0, 0.1) is 6.92 Å². The minimum Gasteiger partial charge on any atom is -0.481 e. The maximum atomic E-state index is 13.4. The fourth-order valence-corrected chi connectivity index (χ4v) is 4.95. The van der Waals surface area contributed by atoms with Gasteiger partial charge in [0.15, 0.2) is 5.65 Å². The maximum absolute atomic E-state index is 13.4. The van der Waals surface area contributed by atoms with E-state index in [0.29, 0.717) is 48.2 Å². The first kappa shape index (κ1) is 25.4. The quantitative estimate of drug-likeness (QED) is 0.430. The number of ether oxygens (including phenoxy) is 1. The highest BCUT2D eigenvalue weighted by atomic mass is 16.6. The number of fused-ring (bicyclic) bond motifs is 2. The molecule has 0 atom stereocenters. The lowest BCUT2D eigenvalue weighted by Crippen LogP contribution is -2.43. The second-order valence-electron chi connectivity index (χ2n) is 10.8. The van der Waals surface area contributed by atoms with E-state index in [9.17, 15) is 19.5 Å². The summed E-state index contributed by atoms with van der Waals surface area (Å²) in [5.41, 5.74) is 2.60. The number of hydrogen-bond donors (Lipinski definition) is 1. The average Bonchev–Trinajstić information content (AvgIpc) is 3.23. The molecule has 0 bridgehead atoms. The Balaban J connectivity index is 1.41. The van der Waals surface area contributed by atoms with Crippen molar-refractivity contribution >= 4 is 28.5 Å². The van der Waals surface area contributed by atoms with Crippen LogP contribution in [-0.2, 0) is 16.0 Å². The van der Waals surface area contributed by atoms with Crippen molar-refractivity contribution in [2.75, 3.05) is 13.1 Å². The second kappa shape index (κ2) is 9.59. The Morgan fingerprint density at radius 3 is 2.55 bits per heavy atom. The molecule has 198 valence electrons. The number of likely N-dealkylation sites (tertiary alicyclic amines) is 1. The van der Waals surface area contributed by atoms with Crippen molar-refractivity contribution in [3.8, 4) is 11.3 Å². The van der Waals surface area contributed by atoms with E-state index in [1.165, 1.54) is 0 Å². The summed E-state index contributed by atoms with van der Waals surface area (Å²) in [4.78, 5) is 43.3. The molecule has 0 radical (unpaired) electrons. The second-order valence-corrected chi connectivity index (χ2v) is 10.8. The van der Waals surface area contributed by atoms with E-state index in [1.807, 2.05) is 52.1 Å². The Labute approximate surface area is 219 Å². The maximum Gasteiger partial charge on any atom is 0.410 e. The molecule has 1 fully saturated rings. The highest BCUT2D eigenvalue weighted by Gasteiger charge is 2.28. The number of aromatic nitrogens is 4. The third-order valence-corrected chi connectivity index (χ3v) is 6.70. The van der Waals surface area contributed by atoms with Crippen LogP contribution in [0.2, 0.25) is 0 Å². The Kier molecular flexibility index (Phi) is 6.42. The van der Waals surface area contributed by atoms with E-state index in [2.05, 4.69) is 10.1 Å². The number of nitrogens with zero attached hydrogens (tertiary/aromatic N) is 5. The van der Waals surface area contributed by atoms with Crippen LogP contribution in [0.15, 0.2) is 47.5 Å². The molecule has 4 aromatic rings. The number of imidazole rings is 1. The number of piperidine rings is 1. The van der Waals surface area contributed by atoms with Gasteiger partial charge in [0.1, 0.15) is 5.60 Å². The fourth-order valence-electron chi connectivity index (χ4n) is 4.95. The number of aryl methyl sites for hydroxylation is 1. The predicted octanol–water partition coefficient (Wildman–Crippen LogP) is 4.22. The Morgan fingerprint density at radius 2 is 1.87 bits per heavy atom. The van der Waals surface area contributed by atoms with E-state index in [-0.39, 0.29) is 24.1 Å². The zero-order valence-electron chi connectivity index (χ0n) is 22.0. The van der Waals surface area contributed by atoms with Crippen molar-refractivity contribution in [1.29, 1.82) is 0 Å². The van der Waals surface area contributed by atoms with Crippen molar-refractivity contribution in [2.24, 2.45) is 0 Å². The Morgan fingerprint density at radius 1 is 1.13 bits per heavy atom. The van der Waals surface area contributed by atoms with Gasteiger partial charge < -0.3 is 19.3 Å². The summed E-state index contributed by atoms with van der Waals surface area (Å²) in [6.07, 6.45) is 4.43. The predicted molar refractivity (Wildman–Crippen MR) is 142 cm³/mol. The summed E-state index contributed by atoms with van der Waals surface area (Å²) in [6.45, 7) is 8.44. The van der Waals surface area contributed by atoms with Gasteiger partial charge in [-0.3, -0.25) is 9.59 Å². The molecule has 0 unspecified atom stereocenters. The molecular formula is C28H31N5O5. The molecule has 0 saturated carbocycles. The van der Waals surface area contributed by atoms with Crippen LogP contribution >= 0.6 is 0 Å². The molecule has 10 heteroatoms. The van der Waals surface area contributed by atoms with Crippen LogP contribution < -0.4 is 5.56 Å². The van der Waals surface area contributed by atoms with E-state index < -0.39 is 11.6 Å². The zero-order valence-corrected chi connectivity index (χ0v) is 22.0. The van der Waals surface area contributed by atoms with E-state index in [0.717, 1.165) is 16.6 Å². The molecule has 1 N–H and O–H groups in total.